The van der Waals surface area contributed by atoms with E-state index in [-0.39, 0.29) is 0 Å². The van der Waals surface area contributed by atoms with Gasteiger partial charge in [-0.2, -0.15) is 0 Å². The smallest absolute Gasteiger partial charge is 0.309 e. The molecule has 1 heterocycles. The van der Waals surface area contributed by atoms with Gasteiger partial charge in [-0.15, -0.1) is 11.3 Å². The molecule has 0 radical (unpaired) electrons. The fourth-order valence-electron chi connectivity index (χ4n) is 1.88. The molecule has 1 N–H and O–H groups in total. The predicted molar refractivity (Wildman–Crippen MR) is 73.5 cm³/mol. The lowest BCUT2D eigenvalue weighted by Crippen LogP contribution is -2.25. The van der Waals surface area contributed by atoms with Crippen LogP contribution in [0.2, 0.25) is 0 Å². The molecule has 1 aromatic carbocycles. The SMILES string of the molecule is COc1ccc2scc(CC(C)(C)C(=O)O)c2c1. The zero-order chi connectivity index (χ0) is 13.3. The van der Waals surface area contributed by atoms with E-state index in [0.29, 0.717) is 6.42 Å². The Kier molecular flexibility index (Phi) is 3.30. The molecule has 3 nitrogen and oxygen atoms in total. The van der Waals surface area contributed by atoms with E-state index in [0.717, 1.165) is 21.4 Å². The van der Waals surface area contributed by atoms with Gasteiger partial charge in [0.2, 0.25) is 0 Å². The molecule has 0 fully saturated rings. The third-order valence-corrected chi connectivity index (χ3v) is 4.08. The number of thiophene rings is 1. The maximum absolute atomic E-state index is 11.2. The number of hydrogen-bond acceptors (Lipinski definition) is 3. The highest BCUT2D eigenvalue weighted by molar-refractivity contribution is 7.17. The van der Waals surface area contributed by atoms with Gasteiger partial charge in [0.05, 0.1) is 12.5 Å². The van der Waals surface area contributed by atoms with Crippen LogP contribution in [-0.2, 0) is 11.2 Å². The van der Waals surface area contributed by atoms with Crippen molar-refractivity contribution in [3.8, 4) is 5.75 Å². The third kappa shape index (κ3) is 2.34. The summed E-state index contributed by atoms with van der Waals surface area (Å²) in [5.41, 5.74) is 0.318. The number of methoxy groups -OCH3 is 1. The summed E-state index contributed by atoms with van der Waals surface area (Å²) < 4.78 is 6.37. The van der Waals surface area contributed by atoms with Crippen LogP contribution in [0.25, 0.3) is 10.1 Å². The maximum Gasteiger partial charge on any atom is 0.309 e. The van der Waals surface area contributed by atoms with Gasteiger partial charge in [-0.05, 0) is 54.8 Å². The molecule has 0 unspecified atom stereocenters. The number of carboxylic acid groups (broad SMARTS) is 1. The molecule has 0 aliphatic heterocycles. The van der Waals surface area contributed by atoms with Crippen LogP contribution >= 0.6 is 11.3 Å². The molecule has 0 atom stereocenters. The summed E-state index contributed by atoms with van der Waals surface area (Å²) in [4.78, 5) is 11.2. The van der Waals surface area contributed by atoms with Crippen LogP contribution in [0.15, 0.2) is 23.6 Å². The van der Waals surface area contributed by atoms with Crippen molar-refractivity contribution in [2.45, 2.75) is 20.3 Å². The summed E-state index contributed by atoms with van der Waals surface area (Å²) in [7, 11) is 1.63. The second-order valence-corrected chi connectivity index (χ2v) is 5.90. The summed E-state index contributed by atoms with van der Waals surface area (Å²) in [6.45, 7) is 3.50. The standard InChI is InChI=1S/C14H16O3S/c1-14(2,13(15)16)7-9-8-18-12-5-4-10(17-3)6-11(9)12/h4-6,8H,7H2,1-3H3,(H,15,16). The van der Waals surface area contributed by atoms with Crippen molar-refractivity contribution >= 4 is 27.4 Å². The molecule has 2 aromatic rings. The van der Waals surface area contributed by atoms with Crippen LogP contribution in [0.4, 0.5) is 0 Å². The monoisotopic (exact) mass is 264 g/mol. The first-order chi connectivity index (χ1) is 8.44. The fraction of sp³-hybridized carbons (Fsp3) is 0.357. The van der Waals surface area contributed by atoms with Gasteiger partial charge in [0.25, 0.3) is 0 Å². The Bertz CT molecular complexity index is 584. The average Bonchev–Trinajstić information content (AvgIpc) is 2.71. The van der Waals surface area contributed by atoms with Gasteiger partial charge in [-0.3, -0.25) is 4.79 Å². The molecule has 0 bridgehead atoms. The molecule has 4 heteroatoms. The van der Waals surface area contributed by atoms with E-state index in [1.165, 1.54) is 0 Å². The molecule has 18 heavy (non-hydrogen) atoms. The van der Waals surface area contributed by atoms with E-state index in [1.54, 1.807) is 32.3 Å². The summed E-state index contributed by atoms with van der Waals surface area (Å²) in [6.07, 6.45) is 0.523. The van der Waals surface area contributed by atoms with Crippen LogP contribution in [0.5, 0.6) is 5.75 Å². The number of fused-ring (bicyclic) bond motifs is 1. The minimum absolute atomic E-state index is 0.523. The highest BCUT2D eigenvalue weighted by Crippen LogP contribution is 2.33. The van der Waals surface area contributed by atoms with Gasteiger partial charge in [0.1, 0.15) is 5.75 Å². The number of carboxylic acids is 1. The first kappa shape index (κ1) is 12.9. The summed E-state index contributed by atoms with van der Waals surface area (Å²) in [5, 5.41) is 12.3. The van der Waals surface area contributed by atoms with Gasteiger partial charge >= 0.3 is 5.97 Å². The average molecular weight is 264 g/mol. The van der Waals surface area contributed by atoms with Crippen LogP contribution < -0.4 is 4.74 Å². The number of aliphatic carboxylic acids is 1. The number of carbonyl (C=O) groups is 1. The highest BCUT2D eigenvalue weighted by atomic mass is 32.1. The summed E-state index contributed by atoms with van der Waals surface area (Å²) in [6, 6.07) is 5.90. The zero-order valence-corrected chi connectivity index (χ0v) is 11.5. The van der Waals surface area contributed by atoms with E-state index in [9.17, 15) is 9.90 Å². The van der Waals surface area contributed by atoms with Crippen molar-refractivity contribution in [3.63, 3.8) is 0 Å². The zero-order valence-electron chi connectivity index (χ0n) is 10.7. The number of ether oxygens (including phenoxy) is 1. The van der Waals surface area contributed by atoms with E-state index >= 15 is 0 Å². The molecule has 0 spiro atoms. The first-order valence-electron chi connectivity index (χ1n) is 5.71. The van der Waals surface area contributed by atoms with E-state index < -0.39 is 11.4 Å². The molecule has 0 saturated carbocycles. The van der Waals surface area contributed by atoms with Crippen molar-refractivity contribution in [1.82, 2.24) is 0 Å². The molecular formula is C14H16O3S. The van der Waals surface area contributed by atoms with Crippen LogP contribution in [0.1, 0.15) is 19.4 Å². The van der Waals surface area contributed by atoms with Gasteiger partial charge in [0, 0.05) is 4.70 Å². The van der Waals surface area contributed by atoms with Crippen molar-refractivity contribution in [3.05, 3.63) is 29.1 Å². The topological polar surface area (TPSA) is 46.5 Å². The van der Waals surface area contributed by atoms with Gasteiger partial charge in [-0.25, -0.2) is 0 Å². The second-order valence-electron chi connectivity index (χ2n) is 4.99. The molecule has 0 amide bonds. The van der Waals surface area contributed by atoms with Gasteiger partial charge in [-0.1, -0.05) is 0 Å². The summed E-state index contributed by atoms with van der Waals surface area (Å²) in [5.74, 6) is 0.0278. The minimum Gasteiger partial charge on any atom is -0.497 e. The Labute approximate surface area is 110 Å². The second kappa shape index (κ2) is 4.61. The van der Waals surface area contributed by atoms with Crippen molar-refractivity contribution in [2.75, 3.05) is 7.11 Å². The van der Waals surface area contributed by atoms with Crippen LogP contribution in [-0.4, -0.2) is 18.2 Å². The molecule has 1 aromatic heterocycles. The van der Waals surface area contributed by atoms with E-state index in [4.69, 9.17) is 4.74 Å². The normalized spacial score (nSPS) is 11.7. The Morgan fingerprint density at radius 2 is 2.17 bits per heavy atom. The molecule has 2 rings (SSSR count). The lowest BCUT2D eigenvalue weighted by molar-refractivity contribution is -0.146. The molecule has 0 aliphatic rings. The van der Waals surface area contributed by atoms with Crippen LogP contribution in [0.3, 0.4) is 0 Å². The molecule has 0 aliphatic carbocycles. The van der Waals surface area contributed by atoms with E-state index in [2.05, 4.69) is 0 Å². The largest absolute Gasteiger partial charge is 0.497 e. The third-order valence-electron chi connectivity index (χ3n) is 3.07. The number of benzene rings is 1. The van der Waals surface area contributed by atoms with Gasteiger partial charge in [0.15, 0.2) is 0 Å². The molecule has 0 saturated heterocycles. The quantitative estimate of drug-likeness (QED) is 0.918. The number of hydrogen-bond donors (Lipinski definition) is 1. The minimum atomic E-state index is -0.773. The maximum atomic E-state index is 11.2. The van der Waals surface area contributed by atoms with Gasteiger partial charge < -0.3 is 9.84 Å². The van der Waals surface area contributed by atoms with Crippen LogP contribution in [0, 0.1) is 5.41 Å². The fourth-order valence-corrected chi connectivity index (χ4v) is 2.82. The molecular weight excluding hydrogens is 248 g/mol. The van der Waals surface area contributed by atoms with E-state index in [1.807, 2.05) is 23.6 Å². The number of rotatable bonds is 4. The Morgan fingerprint density at radius 3 is 2.78 bits per heavy atom. The van der Waals surface area contributed by atoms with Crippen molar-refractivity contribution in [2.24, 2.45) is 5.41 Å². The lowest BCUT2D eigenvalue weighted by Gasteiger charge is -2.18. The van der Waals surface area contributed by atoms with Crippen molar-refractivity contribution in [1.29, 1.82) is 0 Å². The Hall–Kier alpha value is -1.55. The summed E-state index contributed by atoms with van der Waals surface area (Å²) >= 11 is 1.64. The molecule has 96 valence electrons. The first-order valence-corrected chi connectivity index (χ1v) is 6.59. The Balaban J connectivity index is 2.42. The lowest BCUT2D eigenvalue weighted by atomic mass is 9.86. The predicted octanol–water partition coefficient (Wildman–Crippen LogP) is 3.56. The Morgan fingerprint density at radius 1 is 1.44 bits per heavy atom. The highest BCUT2D eigenvalue weighted by Gasteiger charge is 2.28. The van der Waals surface area contributed by atoms with Crippen molar-refractivity contribution < 1.29 is 14.6 Å².